The number of nitrogens with zero attached hydrogens (tertiary/aromatic N) is 4. The first-order chi connectivity index (χ1) is 14.5. The first-order valence-corrected chi connectivity index (χ1v) is 9.99. The lowest BCUT2D eigenvalue weighted by molar-refractivity contribution is -0.140. The van der Waals surface area contributed by atoms with Gasteiger partial charge in [0.2, 0.25) is 0 Å². The second kappa shape index (κ2) is 8.37. The van der Waals surface area contributed by atoms with Gasteiger partial charge in [0.25, 0.3) is 11.7 Å². The average molecular weight is 411 g/mol. The number of likely N-dealkylation sites (tertiary alicyclic amines) is 1. The van der Waals surface area contributed by atoms with E-state index in [1.165, 1.54) is 0 Å². The van der Waals surface area contributed by atoms with Crippen LogP contribution in [0.3, 0.4) is 0 Å². The lowest BCUT2D eigenvalue weighted by atomic mass is 9.95. The molecule has 2 aliphatic rings. The van der Waals surface area contributed by atoms with Crippen LogP contribution in [0.25, 0.3) is 5.76 Å². The highest BCUT2D eigenvalue weighted by Gasteiger charge is 2.46. The van der Waals surface area contributed by atoms with E-state index in [9.17, 15) is 14.7 Å². The quantitative estimate of drug-likeness (QED) is 0.432. The zero-order valence-electron chi connectivity index (χ0n) is 17.1. The Balaban J connectivity index is 1.74. The summed E-state index contributed by atoms with van der Waals surface area (Å²) in [6, 6.07) is 2.85. The largest absolute Gasteiger partial charge is 0.507 e. The molecule has 4 rings (SSSR count). The van der Waals surface area contributed by atoms with Crippen molar-refractivity contribution in [3.8, 4) is 0 Å². The number of aliphatic hydroxyl groups excluding tert-OH is 1. The van der Waals surface area contributed by atoms with Gasteiger partial charge in [-0.2, -0.15) is 5.10 Å². The number of carbonyl (C=O) groups is 2. The van der Waals surface area contributed by atoms with Crippen LogP contribution in [-0.2, 0) is 14.3 Å². The standard InChI is InChI=1S/C21H25N5O4/c1-13-16(14(2)24-23-13)19(27)17-18(15-3-5-22-6-4-15)26(21(29)20(17)28)8-7-25-9-11-30-12-10-25/h3-6,18,27H,7-12H2,1-2H3,(H,23,24). The number of aryl methyl sites for hydroxylation is 2. The third kappa shape index (κ3) is 3.61. The van der Waals surface area contributed by atoms with Crippen LogP contribution in [0, 0.1) is 13.8 Å². The Bertz CT molecular complexity index is 959. The number of nitrogens with one attached hydrogen (secondary N) is 1. The van der Waals surface area contributed by atoms with Crippen molar-refractivity contribution in [1.82, 2.24) is 25.0 Å². The van der Waals surface area contributed by atoms with Crippen LogP contribution in [0.4, 0.5) is 0 Å². The molecule has 0 radical (unpaired) electrons. The maximum Gasteiger partial charge on any atom is 0.295 e. The normalized spacial score (nSPS) is 22.1. The number of rotatable bonds is 5. The molecule has 2 aliphatic heterocycles. The van der Waals surface area contributed by atoms with Crippen LogP contribution in [0.5, 0.6) is 0 Å². The molecule has 2 saturated heterocycles. The summed E-state index contributed by atoms with van der Waals surface area (Å²) in [7, 11) is 0. The predicted octanol–water partition coefficient (Wildman–Crippen LogP) is 1.18. The number of H-pyrrole nitrogens is 1. The molecular formula is C21H25N5O4. The minimum Gasteiger partial charge on any atom is -0.507 e. The van der Waals surface area contributed by atoms with Crippen LogP contribution in [0.2, 0.25) is 0 Å². The molecule has 1 atom stereocenters. The molecule has 2 N–H and O–H groups in total. The molecule has 0 aliphatic carbocycles. The summed E-state index contributed by atoms with van der Waals surface area (Å²) >= 11 is 0. The number of amides is 1. The summed E-state index contributed by atoms with van der Waals surface area (Å²) in [5.41, 5.74) is 2.48. The van der Waals surface area contributed by atoms with Gasteiger partial charge in [-0.3, -0.25) is 24.6 Å². The number of aliphatic hydroxyl groups is 1. The molecule has 2 aromatic rings. The lowest BCUT2D eigenvalue weighted by Crippen LogP contribution is -2.42. The Morgan fingerprint density at radius 1 is 1.20 bits per heavy atom. The van der Waals surface area contributed by atoms with E-state index in [1.54, 1.807) is 43.3 Å². The molecule has 9 heteroatoms. The summed E-state index contributed by atoms with van der Waals surface area (Å²) < 4.78 is 5.38. The molecule has 0 spiro atoms. The predicted molar refractivity (Wildman–Crippen MR) is 109 cm³/mol. The Kier molecular flexibility index (Phi) is 5.65. The second-order valence-corrected chi connectivity index (χ2v) is 7.54. The Morgan fingerprint density at radius 2 is 1.90 bits per heavy atom. The molecule has 9 nitrogen and oxygen atoms in total. The van der Waals surface area contributed by atoms with Crippen LogP contribution in [0.15, 0.2) is 30.1 Å². The third-order valence-corrected chi connectivity index (χ3v) is 5.69. The van der Waals surface area contributed by atoms with E-state index >= 15 is 0 Å². The zero-order chi connectivity index (χ0) is 21.3. The highest BCUT2D eigenvalue weighted by Crippen LogP contribution is 2.39. The van der Waals surface area contributed by atoms with Crippen LogP contribution < -0.4 is 0 Å². The van der Waals surface area contributed by atoms with Crippen LogP contribution >= 0.6 is 0 Å². The number of carbonyl (C=O) groups excluding carboxylic acids is 2. The van der Waals surface area contributed by atoms with Crippen molar-refractivity contribution in [2.75, 3.05) is 39.4 Å². The van der Waals surface area contributed by atoms with Gasteiger partial charge < -0.3 is 14.7 Å². The van der Waals surface area contributed by atoms with Gasteiger partial charge in [0.15, 0.2) is 0 Å². The van der Waals surface area contributed by atoms with E-state index in [4.69, 9.17) is 4.74 Å². The molecule has 0 bridgehead atoms. The molecule has 2 aromatic heterocycles. The smallest absolute Gasteiger partial charge is 0.295 e. The number of aromatic nitrogens is 3. The van der Waals surface area contributed by atoms with E-state index in [-0.39, 0.29) is 11.3 Å². The van der Waals surface area contributed by atoms with E-state index in [0.717, 1.165) is 18.7 Å². The second-order valence-electron chi connectivity index (χ2n) is 7.54. The number of aromatic amines is 1. The summed E-state index contributed by atoms with van der Waals surface area (Å²) in [5.74, 6) is -1.49. The first-order valence-electron chi connectivity index (χ1n) is 9.99. The fourth-order valence-electron chi connectivity index (χ4n) is 4.11. The minimum atomic E-state index is -0.684. The van der Waals surface area contributed by atoms with Crippen molar-refractivity contribution in [2.24, 2.45) is 0 Å². The van der Waals surface area contributed by atoms with E-state index in [0.29, 0.717) is 43.3 Å². The lowest BCUT2D eigenvalue weighted by Gasteiger charge is -2.30. The Hall–Kier alpha value is -3.04. The SMILES string of the molecule is Cc1n[nH]c(C)c1C(O)=C1C(=O)C(=O)N(CCN2CCOCC2)C1c1ccncc1. The number of hydrogen-bond acceptors (Lipinski definition) is 7. The van der Waals surface area contributed by atoms with Crippen molar-refractivity contribution in [3.63, 3.8) is 0 Å². The zero-order valence-corrected chi connectivity index (χ0v) is 17.1. The van der Waals surface area contributed by atoms with Crippen LogP contribution in [0.1, 0.15) is 28.6 Å². The van der Waals surface area contributed by atoms with Gasteiger partial charge in [0, 0.05) is 44.3 Å². The van der Waals surface area contributed by atoms with Crippen molar-refractivity contribution in [3.05, 3.63) is 52.6 Å². The summed E-state index contributed by atoms with van der Waals surface area (Å²) in [6.45, 7) is 7.41. The van der Waals surface area contributed by atoms with E-state index in [2.05, 4.69) is 20.1 Å². The summed E-state index contributed by atoms with van der Waals surface area (Å²) in [6.07, 6.45) is 3.23. The number of morpholine rings is 1. The maximum absolute atomic E-state index is 13.0. The Morgan fingerprint density at radius 3 is 2.53 bits per heavy atom. The molecule has 1 unspecified atom stereocenters. The fourth-order valence-corrected chi connectivity index (χ4v) is 4.11. The van der Waals surface area contributed by atoms with E-state index in [1.807, 2.05) is 0 Å². The molecule has 0 aromatic carbocycles. The number of Topliss-reactive ketones (excluding diaryl/α,β-unsaturated/α-hetero) is 1. The fraction of sp³-hybridized carbons (Fsp3) is 0.429. The molecular weight excluding hydrogens is 386 g/mol. The van der Waals surface area contributed by atoms with Gasteiger partial charge in [0.1, 0.15) is 5.76 Å². The highest BCUT2D eigenvalue weighted by atomic mass is 16.5. The van der Waals surface area contributed by atoms with Crippen LogP contribution in [-0.4, -0.2) is 81.2 Å². The minimum absolute atomic E-state index is 0.0841. The van der Waals surface area contributed by atoms with Gasteiger partial charge in [-0.25, -0.2) is 0 Å². The first kappa shape index (κ1) is 20.2. The number of pyridine rings is 1. The topological polar surface area (TPSA) is 112 Å². The van der Waals surface area contributed by atoms with Crippen molar-refractivity contribution < 1.29 is 19.4 Å². The molecule has 4 heterocycles. The third-order valence-electron chi connectivity index (χ3n) is 5.69. The Labute approximate surface area is 174 Å². The van der Waals surface area contributed by atoms with Gasteiger partial charge in [-0.05, 0) is 31.5 Å². The summed E-state index contributed by atoms with van der Waals surface area (Å²) in [5, 5.41) is 18.0. The highest BCUT2D eigenvalue weighted by molar-refractivity contribution is 6.46. The summed E-state index contributed by atoms with van der Waals surface area (Å²) in [4.78, 5) is 33.8. The van der Waals surface area contributed by atoms with Gasteiger partial charge in [-0.15, -0.1) is 0 Å². The van der Waals surface area contributed by atoms with Crippen molar-refractivity contribution >= 4 is 17.4 Å². The van der Waals surface area contributed by atoms with Crippen molar-refractivity contribution in [2.45, 2.75) is 19.9 Å². The molecule has 2 fully saturated rings. The molecule has 158 valence electrons. The number of hydrogen-bond donors (Lipinski definition) is 2. The van der Waals surface area contributed by atoms with Crippen molar-refractivity contribution in [1.29, 1.82) is 0 Å². The average Bonchev–Trinajstić information content (AvgIpc) is 3.23. The van der Waals surface area contributed by atoms with Gasteiger partial charge in [-0.1, -0.05) is 0 Å². The maximum atomic E-state index is 13.0. The van der Waals surface area contributed by atoms with Gasteiger partial charge in [0.05, 0.1) is 36.1 Å². The monoisotopic (exact) mass is 411 g/mol. The number of ether oxygens (including phenoxy) is 1. The molecule has 1 amide bonds. The number of ketones is 1. The molecule has 0 saturated carbocycles. The van der Waals surface area contributed by atoms with E-state index < -0.39 is 17.7 Å². The van der Waals surface area contributed by atoms with Gasteiger partial charge >= 0.3 is 0 Å². The molecule has 30 heavy (non-hydrogen) atoms.